The van der Waals surface area contributed by atoms with Gasteiger partial charge in [-0.2, -0.15) is 29.9 Å². The van der Waals surface area contributed by atoms with Crippen LogP contribution in [0.2, 0.25) is 26.4 Å². The summed E-state index contributed by atoms with van der Waals surface area (Å²) in [7, 11) is 0. The summed E-state index contributed by atoms with van der Waals surface area (Å²) in [5, 5.41) is 5.50. The summed E-state index contributed by atoms with van der Waals surface area (Å²) in [6.07, 6.45) is 3.29. The molecule has 0 unspecified atom stereocenters. The number of amides is 1. The first-order chi connectivity index (χ1) is 14.6. The van der Waals surface area contributed by atoms with Gasteiger partial charge in [0.05, 0.1) is 6.04 Å². The number of nitrogens with two attached hydrogens (primary N) is 1. The molecule has 192 valence electrons. The Morgan fingerprint density at radius 2 is 1.21 bits per heavy atom. The monoisotopic (exact) mass is 577 g/mol. The number of anilines is 1. The Labute approximate surface area is 223 Å². The third kappa shape index (κ3) is 12.2. The summed E-state index contributed by atoms with van der Waals surface area (Å²) in [6.45, 7) is 0.642. The van der Waals surface area contributed by atoms with Crippen LogP contribution in [0.4, 0.5) is 5.95 Å². The predicted octanol–water partition coefficient (Wildman–Crippen LogP) is 4.29. The lowest BCUT2D eigenvalue weighted by molar-refractivity contribution is -0.120. The largest absolute Gasteiger partial charge is 0.354 e. The van der Waals surface area contributed by atoms with Crippen LogP contribution >= 0.6 is 58.0 Å². The van der Waals surface area contributed by atoms with Crippen molar-refractivity contribution in [1.82, 2.24) is 35.2 Å². The number of aromatic nitrogens is 6. The number of Topliss-reactive ketones (excluding diaryl/α,β-unsaturated/α-hetero) is 1. The van der Waals surface area contributed by atoms with E-state index in [4.69, 9.17) is 63.7 Å². The minimum Gasteiger partial charge on any atom is -0.354 e. The van der Waals surface area contributed by atoms with E-state index in [1.54, 1.807) is 0 Å². The molecular formula is C18H28Cl5N9O2. The van der Waals surface area contributed by atoms with E-state index >= 15 is 0 Å². The number of carbonyl (C=O) groups excluding carboxylic acids is 2. The van der Waals surface area contributed by atoms with Gasteiger partial charge >= 0.3 is 0 Å². The number of carbonyl (C=O) groups is 2. The average Bonchev–Trinajstić information content (AvgIpc) is 3.22. The number of nitrogens with zero attached hydrogens (tertiary/aromatic N) is 6. The van der Waals surface area contributed by atoms with Crippen LogP contribution in [0.3, 0.4) is 0 Å². The van der Waals surface area contributed by atoms with Gasteiger partial charge in [0, 0.05) is 13.0 Å². The van der Waals surface area contributed by atoms with Gasteiger partial charge in [-0.1, -0.05) is 22.3 Å². The van der Waals surface area contributed by atoms with E-state index in [-0.39, 0.29) is 78.4 Å². The molecule has 1 aliphatic carbocycles. The SMILES string of the molecule is C.C.C.Clc1nc(Cl)nc(Cl)n1.N[C@H]1CCCC1=O.O=C1NCC[C@@H]1Nc1nc(Cl)nc(Cl)n1. The smallest absolute Gasteiger partial charge is 0.242 e. The highest BCUT2D eigenvalue weighted by molar-refractivity contribution is 6.33. The summed E-state index contributed by atoms with van der Waals surface area (Å²) in [5.41, 5.74) is 5.33. The van der Waals surface area contributed by atoms with Gasteiger partial charge in [-0.15, -0.1) is 0 Å². The van der Waals surface area contributed by atoms with E-state index in [1.165, 1.54) is 0 Å². The molecule has 11 nitrogen and oxygen atoms in total. The molecule has 0 bridgehead atoms. The first-order valence-electron chi connectivity index (χ1n) is 8.76. The van der Waals surface area contributed by atoms with Gasteiger partial charge in [0.15, 0.2) is 0 Å². The van der Waals surface area contributed by atoms with Crippen LogP contribution in [0.1, 0.15) is 48.0 Å². The van der Waals surface area contributed by atoms with Crippen LogP contribution in [0.15, 0.2) is 0 Å². The van der Waals surface area contributed by atoms with Crippen molar-refractivity contribution in [2.45, 2.75) is 60.0 Å². The Bertz CT molecular complexity index is 868. The van der Waals surface area contributed by atoms with Crippen LogP contribution < -0.4 is 16.4 Å². The maximum atomic E-state index is 11.2. The molecule has 0 spiro atoms. The summed E-state index contributed by atoms with van der Waals surface area (Å²) >= 11 is 27.1. The molecule has 4 N–H and O–H groups in total. The van der Waals surface area contributed by atoms with Gasteiger partial charge in [-0.3, -0.25) is 9.59 Å². The maximum Gasteiger partial charge on any atom is 0.242 e. The van der Waals surface area contributed by atoms with E-state index in [1.807, 2.05) is 0 Å². The number of nitrogens with one attached hydrogen (secondary N) is 2. The van der Waals surface area contributed by atoms with Crippen molar-refractivity contribution in [3.05, 3.63) is 26.4 Å². The lowest BCUT2D eigenvalue weighted by Gasteiger charge is -2.08. The predicted molar refractivity (Wildman–Crippen MR) is 137 cm³/mol. The van der Waals surface area contributed by atoms with Crippen LogP contribution in [-0.4, -0.2) is 60.2 Å². The number of halogens is 5. The molecule has 1 saturated carbocycles. The fourth-order valence-electron chi connectivity index (χ4n) is 2.42. The molecule has 4 rings (SSSR count). The van der Waals surface area contributed by atoms with Crippen molar-refractivity contribution in [1.29, 1.82) is 0 Å². The number of rotatable bonds is 2. The number of hydrogen-bond acceptors (Lipinski definition) is 10. The fourth-order valence-corrected chi connectivity index (χ4v) is 3.40. The molecule has 2 atom stereocenters. The highest BCUT2D eigenvalue weighted by Gasteiger charge is 2.24. The summed E-state index contributed by atoms with van der Waals surface area (Å²) in [5.74, 6) is 0.365. The van der Waals surface area contributed by atoms with Crippen LogP contribution in [0, 0.1) is 0 Å². The first-order valence-corrected chi connectivity index (χ1v) is 10.6. The lowest BCUT2D eigenvalue weighted by atomic mass is 10.2. The molecule has 3 heterocycles. The number of hydrogen-bond donors (Lipinski definition) is 3. The minimum absolute atomic E-state index is 0. The topological polar surface area (TPSA) is 162 Å². The van der Waals surface area contributed by atoms with E-state index in [0.29, 0.717) is 19.4 Å². The summed E-state index contributed by atoms with van der Waals surface area (Å²) in [6, 6.07) is -0.459. The molecule has 2 aromatic heterocycles. The molecule has 1 aliphatic heterocycles. The Hall–Kier alpha value is -1.63. The van der Waals surface area contributed by atoms with Gasteiger partial charge in [0.25, 0.3) is 0 Å². The fraction of sp³-hybridized carbons (Fsp3) is 0.556. The third-order valence-electron chi connectivity index (χ3n) is 3.84. The van der Waals surface area contributed by atoms with Gasteiger partial charge in [0.1, 0.15) is 11.8 Å². The second kappa shape index (κ2) is 16.9. The second-order valence-electron chi connectivity index (χ2n) is 6.08. The van der Waals surface area contributed by atoms with E-state index in [9.17, 15) is 9.59 Å². The zero-order valence-corrected chi connectivity index (χ0v) is 19.4. The average molecular weight is 580 g/mol. The van der Waals surface area contributed by atoms with Crippen molar-refractivity contribution >= 4 is 75.6 Å². The highest BCUT2D eigenvalue weighted by atomic mass is 35.5. The van der Waals surface area contributed by atoms with E-state index < -0.39 is 0 Å². The minimum atomic E-state index is -0.334. The van der Waals surface area contributed by atoms with E-state index in [0.717, 1.165) is 12.8 Å². The maximum absolute atomic E-state index is 11.2. The van der Waals surface area contributed by atoms with Crippen LogP contribution in [0.5, 0.6) is 0 Å². The second-order valence-corrected chi connectivity index (χ2v) is 7.77. The van der Waals surface area contributed by atoms with Gasteiger partial charge < -0.3 is 16.4 Å². The first kappa shape index (κ1) is 34.5. The molecule has 0 aromatic carbocycles. The summed E-state index contributed by atoms with van der Waals surface area (Å²) < 4.78 is 0. The van der Waals surface area contributed by atoms with Crippen LogP contribution in [-0.2, 0) is 9.59 Å². The normalized spacial score (nSPS) is 17.9. The Morgan fingerprint density at radius 3 is 1.50 bits per heavy atom. The molecule has 2 aliphatic rings. The molecule has 2 fully saturated rings. The van der Waals surface area contributed by atoms with E-state index in [2.05, 4.69) is 40.5 Å². The van der Waals surface area contributed by atoms with Crippen molar-refractivity contribution in [2.75, 3.05) is 11.9 Å². The molecule has 1 saturated heterocycles. The lowest BCUT2D eigenvalue weighted by Crippen LogP contribution is -2.30. The Balaban J connectivity index is 0. The Morgan fingerprint density at radius 1 is 0.765 bits per heavy atom. The summed E-state index contributed by atoms with van der Waals surface area (Å²) in [4.78, 5) is 43.3. The van der Waals surface area contributed by atoms with Gasteiger partial charge in [-0.05, 0) is 77.3 Å². The molecule has 0 radical (unpaired) electrons. The van der Waals surface area contributed by atoms with Crippen molar-refractivity contribution in [3.63, 3.8) is 0 Å². The Kier molecular flexibility index (Phi) is 17.2. The quantitative estimate of drug-likeness (QED) is 0.468. The highest BCUT2D eigenvalue weighted by Crippen LogP contribution is 2.13. The van der Waals surface area contributed by atoms with Gasteiger partial charge in [-0.25, -0.2) is 0 Å². The van der Waals surface area contributed by atoms with Crippen molar-refractivity contribution in [3.8, 4) is 0 Å². The molecule has 16 heteroatoms. The zero-order chi connectivity index (χ0) is 23.0. The van der Waals surface area contributed by atoms with Crippen LogP contribution in [0.25, 0.3) is 0 Å². The molecule has 34 heavy (non-hydrogen) atoms. The number of ketones is 1. The zero-order valence-electron chi connectivity index (χ0n) is 15.7. The van der Waals surface area contributed by atoms with Crippen molar-refractivity contribution < 1.29 is 9.59 Å². The van der Waals surface area contributed by atoms with Crippen molar-refractivity contribution in [2.24, 2.45) is 5.73 Å². The third-order valence-corrected chi connectivity index (χ3v) is 4.68. The molecule has 2 aromatic rings. The molecule has 1 amide bonds. The standard InChI is InChI=1S/C7H7Cl2N5O.C5H9NO.C3Cl3N3.3CH4/c8-5-12-6(9)14-7(13-5)11-3-1-2-10-4(3)15;6-4-2-1-3-5(4)7;4-1-7-2(5)9-3(6)8-1;;;/h3H,1-2H2,(H,10,15)(H,11,12,13,14);4H,1-3,6H2;;3*1H4/t3-;4-;;;;/m00..../s1. The molecular weight excluding hydrogens is 552 g/mol. The van der Waals surface area contributed by atoms with Gasteiger partial charge in [0.2, 0.25) is 38.3 Å².